The summed E-state index contributed by atoms with van der Waals surface area (Å²) < 4.78 is 0. The topological polar surface area (TPSA) is 32.5 Å². The lowest BCUT2D eigenvalue weighted by Gasteiger charge is -2.28. The van der Waals surface area contributed by atoms with Crippen LogP contribution < -0.4 is 5.73 Å². The summed E-state index contributed by atoms with van der Waals surface area (Å²) in [7, 11) is 0. The molecular weight excluding hydrogens is 258 g/mol. The number of nitrogens with two attached hydrogens (primary N) is 1. The van der Waals surface area contributed by atoms with Crippen molar-refractivity contribution in [2.45, 2.75) is 45.2 Å². The summed E-state index contributed by atoms with van der Waals surface area (Å²) >= 11 is 0. The predicted molar refractivity (Wildman–Crippen MR) is 88.5 cm³/mol. The molecule has 116 valence electrons. The summed E-state index contributed by atoms with van der Waals surface area (Å²) in [5, 5.41) is 0. The minimum absolute atomic E-state index is 0.138. The van der Waals surface area contributed by atoms with Crippen molar-refractivity contribution in [3.05, 3.63) is 34.9 Å². The van der Waals surface area contributed by atoms with Crippen molar-refractivity contribution < 1.29 is 0 Å². The van der Waals surface area contributed by atoms with Crippen LogP contribution in [-0.4, -0.2) is 48.6 Å². The minimum Gasteiger partial charge on any atom is -0.323 e. The van der Waals surface area contributed by atoms with Gasteiger partial charge in [0.25, 0.3) is 0 Å². The molecule has 3 nitrogen and oxygen atoms in total. The second kappa shape index (κ2) is 6.47. The average molecular weight is 287 g/mol. The molecule has 2 fully saturated rings. The van der Waals surface area contributed by atoms with Crippen LogP contribution in [0.25, 0.3) is 0 Å². The first kappa shape index (κ1) is 15.0. The fourth-order valence-electron chi connectivity index (χ4n) is 4.07. The zero-order valence-corrected chi connectivity index (χ0v) is 13.5. The van der Waals surface area contributed by atoms with E-state index in [4.69, 9.17) is 5.73 Å². The van der Waals surface area contributed by atoms with Gasteiger partial charge >= 0.3 is 0 Å². The molecule has 2 aliphatic rings. The molecule has 3 rings (SSSR count). The van der Waals surface area contributed by atoms with Gasteiger partial charge in [0.2, 0.25) is 0 Å². The molecule has 2 N–H and O–H groups in total. The van der Waals surface area contributed by atoms with Crippen molar-refractivity contribution >= 4 is 0 Å². The van der Waals surface area contributed by atoms with Crippen LogP contribution in [0, 0.1) is 13.8 Å². The third kappa shape index (κ3) is 3.47. The van der Waals surface area contributed by atoms with E-state index in [0.29, 0.717) is 0 Å². The van der Waals surface area contributed by atoms with E-state index in [1.165, 1.54) is 62.1 Å². The molecule has 2 heterocycles. The van der Waals surface area contributed by atoms with Crippen LogP contribution in [0.5, 0.6) is 0 Å². The second-order valence-electron chi connectivity index (χ2n) is 6.91. The first-order chi connectivity index (χ1) is 10.1. The summed E-state index contributed by atoms with van der Waals surface area (Å²) in [4.78, 5) is 5.28. The van der Waals surface area contributed by atoms with Crippen molar-refractivity contribution in [2.24, 2.45) is 5.73 Å². The van der Waals surface area contributed by atoms with E-state index in [1.807, 2.05) is 0 Å². The molecule has 0 spiro atoms. The van der Waals surface area contributed by atoms with E-state index >= 15 is 0 Å². The van der Waals surface area contributed by atoms with Gasteiger partial charge in [-0.2, -0.15) is 0 Å². The molecule has 0 bridgehead atoms. The Kier molecular flexibility index (Phi) is 4.63. The lowest BCUT2D eigenvalue weighted by molar-refractivity contribution is 0.213. The number of fused-ring (bicyclic) bond motifs is 1. The Bertz CT molecular complexity index is 485. The Hall–Kier alpha value is -0.900. The maximum absolute atomic E-state index is 6.51. The lowest BCUT2D eigenvalue weighted by Crippen LogP contribution is -2.39. The molecule has 2 aliphatic heterocycles. The van der Waals surface area contributed by atoms with E-state index in [0.717, 1.165) is 12.6 Å². The lowest BCUT2D eigenvalue weighted by atomic mass is 9.99. The van der Waals surface area contributed by atoms with Crippen molar-refractivity contribution in [3.8, 4) is 0 Å². The molecule has 3 heteroatoms. The average Bonchev–Trinajstić information content (AvgIpc) is 2.77. The molecule has 0 radical (unpaired) electrons. The largest absolute Gasteiger partial charge is 0.323 e. The molecule has 2 atom stereocenters. The first-order valence-electron chi connectivity index (χ1n) is 8.42. The van der Waals surface area contributed by atoms with Gasteiger partial charge in [-0.1, -0.05) is 23.8 Å². The summed E-state index contributed by atoms with van der Waals surface area (Å²) in [6, 6.07) is 7.56. The monoisotopic (exact) mass is 287 g/mol. The number of rotatable bonds is 3. The molecule has 0 aliphatic carbocycles. The summed E-state index contributed by atoms with van der Waals surface area (Å²) in [5.74, 6) is 0. The maximum atomic E-state index is 6.51. The molecule has 1 aromatic carbocycles. The van der Waals surface area contributed by atoms with Crippen LogP contribution in [0.3, 0.4) is 0 Å². The number of benzene rings is 1. The van der Waals surface area contributed by atoms with Gasteiger partial charge in [0.05, 0.1) is 0 Å². The molecule has 2 unspecified atom stereocenters. The van der Waals surface area contributed by atoms with Gasteiger partial charge in [0.1, 0.15) is 0 Å². The van der Waals surface area contributed by atoms with E-state index in [1.54, 1.807) is 0 Å². The van der Waals surface area contributed by atoms with E-state index in [-0.39, 0.29) is 6.04 Å². The Morgan fingerprint density at radius 1 is 1.19 bits per heavy atom. The predicted octanol–water partition coefficient (Wildman–Crippen LogP) is 2.47. The third-order valence-electron chi connectivity index (χ3n) is 5.17. The molecule has 1 aromatic rings. The Balaban J connectivity index is 1.64. The van der Waals surface area contributed by atoms with Gasteiger partial charge < -0.3 is 5.73 Å². The SMILES string of the molecule is Cc1ccc(C(N)CN2CCCN3CCCC3C2)c(C)c1. The Morgan fingerprint density at radius 3 is 2.81 bits per heavy atom. The highest BCUT2D eigenvalue weighted by atomic mass is 15.3. The molecule has 2 saturated heterocycles. The molecule has 21 heavy (non-hydrogen) atoms. The first-order valence-corrected chi connectivity index (χ1v) is 8.42. The van der Waals surface area contributed by atoms with Gasteiger partial charge in [0, 0.05) is 25.2 Å². The van der Waals surface area contributed by atoms with Gasteiger partial charge in [-0.05, 0) is 63.9 Å². The summed E-state index contributed by atoms with van der Waals surface area (Å²) in [6.07, 6.45) is 4.03. The smallest absolute Gasteiger partial charge is 0.0426 e. The number of hydrogen-bond acceptors (Lipinski definition) is 3. The normalized spacial score (nSPS) is 25.6. The molecule has 0 amide bonds. The fourth-order valence-corrected chi connectivity index (χ4v) is 4.07. The molecule has 0 saturated carbocycles. The van der Waals surface area contributed by atoms with Crippen molar-refractivity contribution in [1.29, 1.82) is 0 Å². The number of aryl methyl sites for hydroxylation is 2. The van der Waals surface area contributed by atoms with Gasteiger partial charge in [-0.15, -0.1) is 0 Å². The van der Waals surface area contributed by atoms with Crippen LogP contribution in [-0.2, 0) is 0 Å². The zero-order valence-electron chi connectivity index (χ0n) is 13.5. The van der Waals surface area contributed by atoms with Crippen LogP contribution in [0.4, 0.5) is 0 Å². The standard InChI is InChI=1S/C18H29N3/c1-14-6-7-17(15(2)11-14)18(19)13-20-8-4-10-21-9-3-5-16(21)12-20/h6-7,11,16,18H,3-5,8-10,12-13,19H2,1-2H3. The van der Waals surface area contributed by atoms with E-state index < -0.39 is 0 Å². The Morgan fingerprint density at radius 2 is 2.00 bits per heavy atom. The number of nitrogens with zero attached hydrogens (tertiary/aromatic N) is 2. The Labute approximate surface area is 129 Å². The van der Waals surface area contributed by atoms with Crippen LogP contribution in [0.15, 0.2) is 18.2 Å². The highest BCUT2D eigenvalue weighted by Gasteiger charge is 2.29. The van der Waals surface area contributed by atoms with Gasteiger partial charge in [-0.3, -0.25) is 9.80 Å². The van der Waals surface area contributed by atoms with Crippen molar-refractivity contribution in [2.75, 3.05) is 32.7 Å². The second-order valence-corrected chi connectivity index (χ2v) is 6.91. The van der Waals surface area contributed by atoms with Crippen molar-refractivity contribution in [1.82, 2.24) is 9.80 Å². The zero-order chi connectivity index (χ0) is 14.8. The van der Waals surface area contributed by atoms with Crippen LogP contribution in [0.2, 0.25) is 0 Å². The fraction of sp³-hybridized carbons (Fsp3) is 0.667. The van der Waals surface area contributed by atoms with Gasteiger partial charge in [-0.25, -0.2) is 0 Å². The van der Waals surface area contributed by atoms with Crippen molar-refractivity contribution in [3.63, 3.8) is 0 Å². The number of hydrogen-bond donors (Lipinski definition) is 1. The molecule has 0 aromatic heterocycles. The maximum Gasteiger partial charge on any atom is 0.0426 e. The van der Waals surface area contributed by atoms with Crippen LogP contribution in [0.1, 0.15) is 42.0 Å². The molecular formula is C18H29N3. The summed E-state index contributed by atoms with van der Waals surface area (Å²) in [5.41, 5.74) is 10.5. The van der Waals surface area contributed by atoms with E-state index in [2.05, 4.69) is 41.8 Å². The van der Waals surface area contributed by atoms with Gasteiger partial charge in [0.15, 0.2) is 0 Å². The highest BCUT2D eigenvalue weighted by Crippen LogP contribution is 2.23. The third-order valence-corrected chi connectivity index (χ3v) is 5.17. The summed E-state index contributed by atoms with van der Waals surface area (Å²) in [6.45, 7) is 10.3. The van der Waals surface area contributed by atoms with E-state index in [9.17, 15) is 0 Å². The van der Waals surface area contributed by atoms with Crippen LogP contribution >= 0.6 is 0 Å². The minimum atomic E-state index is 0.138. The highest BCUT2D eigenvalue weighted by molar-refractivity contribution is 5.32. The quantitative estimate of drug-likeness (QED) is 0.927.